The number of benzene rings is 1. The summed E-state index contributed by atoms with van der Waals surface area (Å²) in [6.45, 7) is 3.32. The van der Waals surface area contributed by atoms with Crippen LogP contribution in [-0.4, -0.2) is 48.4 Å². The summed E-state index contributed by atoms with van der Waals surface area (Å²) in [5.41, 5.74) is 0.574. The van der Waals surface area contributed by atoms with Crippen LogP contribution >= 0.6 is 11.6 Å². The summed E-state index contributed by atoms with van der Waals surface area (Å²) in [5.74, 6) is -1.18. The lowest BCUT2D eigenvalue weighted by Gasteiger charge is -2.33. The van der Waals surface area contributed by atoms with E-state index in [2.05, 4.69) is 5.32 Å². The molecule has 0 aliphatic heterocycles. The number of nitrogens with one attached hydrogen (secondary N) is 1. The van der Waals surface area contributed by atoms with Gasteiger partial charge < -0.3 is 15.0 Å². The molecule has 1 fully saturated rings. The number of hydrogen-bond donors (Lipinski definition) is 1. The molecular formula is C21H30ClFN2O3. The summed E-state index contributed by atoms with van der Waals surface area (Å²) in [5, 5.41) is 3.09. The van der Waals surface area contributed by atoms with Gasteiger partial charge in [-0.05, 0) is 43.9 Å². The van der Waals surface area contributed by atoms with Crippen LogP contribution in [0.2, 0.25) is 0 Å². The van der Waals surface area contributed by atoms with E-state index in [1.807, 2.05) is 6.92 Å². The number of carbonyl (C=O) groups is 2. The van der Waals surface area contributed by atoms with E-state index in [0.29, 0.717) is 31.7 Å². The maximum Gasteiger partial charge on any atom is 0.247 e. The molecule has 1 N–H and O–H groups in total. The van der Waals surface area contributed by atoms with E-state index in [0.717, 1.165) is 25.7 Å². The van der Waals surface area contributed by atoms with Crippen molar-refractivity contribution in [3.8, 4) is 0 Å². The lowest BCUT2D eigenvalue weighted by Crippen LogP contribution is -2.47. The zero-order valence-corrected chi connectivity index (χ0v) is 17.2. The smallest absolute Gasteiger partial charge is 0.247 e. The van der Waals surface area contributed by atoms with E-state index >= 15 is 0 Å². The molecule has 156 valence electrons. The molecule has 7 heteroatoms. The summed E-state index contributed by atoms with van der Waals surface area (Å²) in [6, 6.07) is 4.99. The zero-order valence-electron chi connectivity index (χ0n) is 16.5. The Morgan fingerprint density at radius 3 is 2.54 bits per heavy atom. The second-order valence-electron chi connectivity index (χ2n) is 7.07. The topological polar surface area (TPSA) is 58.6 Å². The first-order valence-electron chi connectivity index (χ1n) is 10.1. The van der Waals surface area contributed by atoms with Crippen molar-refractivity contribution in [1.29, 1.82) is 0 Å². The quantitative estimate of drug-likeness (QED) is 0.469. The molecule has 2 amide bonds. The Balaban J connectivity index is 2.23. The first-order chi connectivity index (χ1) is 13.6. The van der Waals surface area contributed by atoms with E-state index in [-0.39, 0.29) is 29.6 Å². The van der Waals surface area contributed by atoms with Crippen molar-refractivity contribution in [3.05, 3.63) is 35.6 Å². The van der Waals surface area contributed by atoms with Crippen LogP contribution in [-0.2, 0) is 14.3 Å². The van der Waals surface area contributed by atoms with Crippen molar-refractivity contribution in [2.24, 2.45) is 0 Å². The van der Waals surface area contributed by atoms with Crippen molar-refractivity contribution >= 4 is 23.4 Å². The van der Waals surface area contributed by atoms with Gasteiger partial charge in [0, 0.05) is 25.8 Å². The van der Waals surface area contributed by atoms with Crippen LogP contribution in [0.4, 0.5) is 4.39 Å². The molecule has 1 aliphatic carbocycles. The van der Waals surface area contributed by atoms with Gasteiger partial charge in [0.15, 0.2) is 0 Å². The predicted octanol–water partition coefficient (Wildman–Crippen LogP) is 3.81. The normalized spacial score (nSPS) is 15.8. The van der Waals surface area contributed by atoms with Gasteiger partial charge in [-0.3, -0.25) is 9.59 Å². The number of halogens is 2. The predicted molar refractivity (Wildman–Crippen MR) is 108 cm³/mol. The average molecular weight is 413 g/mol. The summed E-state index contributed by atoms with van der Waals surface area (Å²) in [7, 11) is 0. The number of ether oxygens (including phenoxy) is 1. The van der Waals surface area contributed by atoms with Crippen LogP contribution in [0, 0.1) is 5.82 Å². The molecule has 1 atom stereocenters. The van der Waals surface area contributed by atoms with E-state index in [4.69, 9.17) is 16.3 Å². The molecule has 0 radical (unpaired) electrons. The third-order valence-electron chi connectivity index (χ3n) is 5.02. The van der Waals surface area contributed by atoms with Gasteiger partial charge in [-0.1, -0.05) is 31.4 Å². The number of carbonyl (C=O) groups excluding carboxylic acids is 2. The number of nitrogens with zero attached hydrogens (tertiary/aromatic N) is 1. The average Bonchev–Trinajstić information content (AvgIpc) is 2.71. The van der Waals surface area contributed by atoms with E-state index in [1.165, 1.54) is 23.5 Å². The van der Waals surface area contributed by atoms with E-state index in [1.54, 1.807) is 12.1 Å². The van der Waals surface area contributed by atoms with Gasteiger partial charge in [0.2, 0.25) is 11.8 Å². The van der Waals surface area contributed by atoms with Gasteiger partial charge >= 0.3 is 0 Å². The van der Waals surface area contributed by atoms with Crippen molar-refractivity contribution in [2.45, 2.75) is 57.5 Å². The van der Waals surface area contributed by atoms with Crippen LogP contribution in [0.3, 0.4) is 0 Å². The first kappa shape index (κ1) is 22.6. The van der Waals surface area contributed by atoms with Gasteiger partial charge in [-0.15, -0.1) is 11.6 Å². The molecule has 2 rings (SSSR count). The zero-order chi connectivity index (χ0) is 20.4. The third-order valence-corrected chi connectivity index (χ3v) is 5.25. The number of amides is 2. The summed E-state index contributed by atoms with van der Waals surface area (Å²) >= 11 is 5.83. The van der Waals surface area contributed by atoms with Crippen LogP contribution < -0.4 is 5.32 Å². The Hall–Kier alpha value is -1.66. The fourth-order valence-corrected chi connectivity index (χ4v) is 3.75. The third kappa shape index (κ3) is 6.74. The molecule has 1 aromatic rings. The van der Waals surface area contributed by atoms with Gasteiger partial charge in [-0.2, -0.15) is 0 Å². The minimum Gasteiger partial charge on any atom is -0.382 e. The van der Waals surface area contributed by atoms with Crippen LogP contribution in [0.15, 0.2) is 24.3 Å². The van der Waals surface area contributed by atoms with E-state index < -0.39 is 6.04 Å². The fraction of sp³-hybridized carbons (Fsp3) is 0.619. The molecule has 0 heterocycles. The van der Waals surface area contributed by atoms with Crippen LogP contribution in [0.1, 0.15) is 57.1 Å². The standard InChI is InChI=1S/C21H30ClFN2O3/c1-2-28-14-6-13-25(19(26)15-22)20(16-9-11-17(23)12-10-16)21(27)24-18-7-4-3-5-8-18/h9-12,18,20H,2-8,13-15H2,1H3,(H,24,27). The number of rotatable bonds is 10. The van der Waals surface area contributed by atoms with Gasteiger partial charge in [0.05, 0.1) is 0 Å². The van der Waals surface area contributed by atoms with Crippen molar-refractivity contribution in [1.82, 2.24) is 10.2 Å². The van der Waals surface area contributed by atoms with Gasteiger partial charge in [-0.25, -0.2) is 4.39 Å². The maximum atomic E-state index is 13.4. The van der Waals surface area contributed by atoms with Gasteiger partial charge in [0.25, 0.3) is 0 Å². The highest BCUT2D eigenvalue weighted by atomic mass is 35.5. The highest BCUT2D eigenvalue weighted by molar-refractivity contribution is 6.27. The monoisotopic (exact) mass is 412 g/mol. The lowest BCUT2D eigenvalue weighted by molar-refractivity contribution is -0.139. The molecule has 1 unspecified atom stereocenters. The SMILES string of the molecule is CCOCCCN(C(=O)CCl)C(C(=O)NC1CCCCC1)c1ccc(F)cc1. The minimum atomic E-state index is -0.838. The van der Waals surface area contributed by atoms with E-state index in [9.17, 15) is 14.0 Å². The lowest BCUT2D eigenvalue weighted by atomic mass is 9.94. The molecule has 0 spiro atoms. The first-order valence-corrected chi connectivity index (χ1v) is 10.6. The maximum absolute atomic E-state index is 13.4. The molecule has 1 aliphatic rings. The van der Waals surface area contributed by atoms with Crippen molar-refractivity contribution in [3.63, 3.8) is 0 Å². The number of alkyl halides is 1. The summed E-state index contributed by atoms with van der Waals surface area (Å²) in [4.78, 5) is 27.2. The molecule has 0 bridgehead atoms. The molecular weight excluding hydrogens is 383 g/mol. The second kappa shape index (κ2) is 12.0. The Bertz CT molecular complexity index is 621. The molecule has 5 nitrogen and oxygen atoms in total. The van der Waals surface area contributed by atoms with Crippen molar-refractivity contribution in [2.75, 3.05) is 25.6 Å². The Labute approximate surface area is 171 Å². The molecule has 28 heavy (non-hydrogen) atoms. The second-order valence-corrected chi connectivity index (χ2v) is 7.34. The number of hydrogen-bond acceptors (Lipinski definition) is 3. The highest BCUT2D eigenvalue weighted by Gasteiger charge is 2.32. The largest absolute Gasteiger partial charge is 0.382 e. The summed E-state index contributed by atoms with van der Waals surface area (Å²) in [6.07, 6.45) is 5.83. The van der Waals surface area contributed by atoms with Crippen LogP contribution in [0.5, 0.6) is 0 Å². The Kier molecular flexibility index (Phi) is 9.71. The molecule has 1 saturated carbocycles. The Morgan fingerprint density at radius 1 is 1.25 bits per heavy atom. The van der Waals surface area contributed by atoms with Gasteiger partial charge in [0.1, 0.15) is 17.7 Å². The highest BCUT2D eigenvalue weighted by Crippen LogP contribution is 2.25. The molecule has 0 aromatic heterocycles. The molecule has 1 aromatic carbocycles. The molecule has 0 saturated heterocycles. The van der Waals surface area contributed by atoms with Crippen molar-refractivity contribution < 1.29 is 18.7 Å². The van der Waals surface area contributed by atoms with Crippen LogP contribution in [0.25, 0.3) is 0 Å². The minimum absolute atomic E-state index is 0.112. The summed E-state index contributed by atoms with van der Waals surface area (Å²) < 4.78 is 18.8. The Morgan fingerprint density at radius 2 is 1.93 bits per heavy atom. The fourth-order valence-electron chi connectivity index (χ4n) is 3.60.